The molecule has 0 unspecified atom stereocenters. The summed E-state index contributed by atoms with van der Waals surface area (Å²) in [6, 6.07) is 9.54. The lowest BCUT2D eigenvalue weighted by Gasteiger charge is -2.32. The zero-order chi connectivity index (χ0) is 22.3. The summed E-state index contributed by atoms with van der Waals surface area (Å²) in [5.74, 6) is -0.543. The van der Waals surface area contributed by atoms with Crippen LogP contribution in [0.5, 0.6) is 0 Å². The van der Waals surface area contributed by atoms with Crippen LogP contribution in [-0.4, -0.2) is 31.4 Å². The molecule has 0 aromatic heterocycles. The van der Waals surface area contributed by atoms with E-state index in [-0.39, 0.29) is 11.3 Å². The molecule has 0 amide bonds. The van der Waals surface area contributed by atoms with Gasteiger partial charge in [0.1, 0.15) is 0 Å². The number of esters is 1. The fourth-order valence-corrected chi connectivity index (χ4v) is 3.02. The first-order valence-electron chi connectivity index (χ1n) is 9.36. The first kappa shape index (κ1) is 22.2. The van der Waals surface area contributed by atoms with Gasteiger partial charge >= 0.3 is 19.3 Å². The van der Waals surface area contributed by atoms with Gasteiger partial charge in [-0.3, -0.25) is 0 Å². The van der Waals surface area contributed by atoms with Crippen molar-refractivity contribution in [3.63, 3.8) is 0 Å². The van der Waals surface area contributed by atoms with E-state index in [2.05, 4.69) is 5.32 Å². The minimum Gasteiger partial charge on any atom is -0.465 e. The number of hydrogen-bond acceptors (Lipinski definition) is 5. The van der Waals surface area contributed by atoms with Crippen LogP contribution in [0.4, 0.5) is 24.5 Å². The molecule has 2 aromatic carbocycles. The number of methoxy groups -OCH3 is 1. The Balaban J connectivity index is 2.02. The highest BCUT2D eigenvalue weighted by atomic mass is 19.4. The SMILES string of the molecule is COC(=O)c1ccc(Nc2cccc(C(F)(F)F)c2)c(B2OC(C)(C)C(C)(C)O2)c1. The largest absolute Gasteiger partial charge is 0.497 e. The van der Waals surface area contributed by atoms with Crippen LogP contribution in [0.15, 0.2) is 42.5 Å². The van der Waals surface area contributed by atoms with Gasteiger partial charge in [-0.25, -0.2) is 4.79 Å². The molecule has 0 bridgehead atoms. The molecule has 30 heavy (non-hydrogen) atoms. The van der Waals surface area contributed by atoms with Crippen molar-refractivity contribution in [3.05, 3.63) is 53.6 Å². The predicted octanol–water partition coefficient (Wildman–Crippen LogP) is 4.53. The van der Waals surface area contributed by atoms with Crippen LogP contribution in [0, 0.1) is 0 Å². The van der Waals surface area contributed by atoms with Crippen LogP contribution in [0.25, 0.3) is 0 Å². The van der Waals surface area contributed by atoms with E-state index in [9.17, 15) is 18.0 Å². The summed E-state index contributed by atoms with van der Waals surface area (Å²) in [5, 5.41) is 2.99. The van der Waals surface area contributed by atoms with Crippen LogP contribution in [-0.2, 0) is 20.2 Å². The normalized spacial score (nSPS) is 17.7. The highest BCUT2D eigenvalue weighted by Gasteiger charge is 2.52. The van der Waals surface area contributed by atoms with Gasteiger partial charge in [-0.15, -0.1) is 0 Å². The van der Waals surface area contributed by atoms with Crippen LogP contribution >= 0.6 is 0 Å². The van der Waals surface area contributed by atoms with Crippen LogP contribution in [0.1, 0.15) is 43.6 Å². The minimum absolute atomic E-state index is 0.244. The zero-order valence-electron chi connectivity index (χ0n) is 17.4. The number of ether oxygens (including phenoxy) is 1. The molecule has 0 radical (unpaired) electrons. The van der Waals surface area contributed by atoms with Gasteiger partial charge in [0.25, 0.3) is 0 Å². The Hall–Kier alpha value is -2.52. The number of carbonyl (C=O) groups is 1. The van der Waals surface area contributed by atoms with Crippen LogP contribution < -0.4 is 10.8 Å². The quantitative estimate of drug-likeness (QED) is 0.581. The molecule has 0 atom stereocenters. The maximum atomic E-state index is 13.1. The van der Waals surface area contributed by atoms with Gasteiger partial charge < -0.3 is 19.4 Å². The number of rotatable bonds is 4. The Bertz CT molecular complexity index is 944. The second-order valence-corrected chi connectivity index (χ2v) is 8.09. The molecule has 3 rings (SSSR count). The Morgan fingerprint density at radius 2 is 1.67 bits per heavy atom. The third-order valence-electron chi connectivity index (χ3n) is 5.45. The molecule has 0 aliphatic carbocycles. The number of alkyl halides is 3. The molecule has 9 heteroatoms. The third kappa shape index (κ3) is 4.32. The molecule has 1 fully saturated rings. The molecule has 1 aliphatic heterocycles. The summed E-state index contributed by atoms with van der Waals surface area (Å²) in [4.78, 5) is 12.0. The number of hydrogen-bond donors (Lipinski definition) is 1. The second kappa shape index (κ2) is 7.63. The number of benzene rings is 2. The van der Waals surface area contributed by atoms with Gasteiger partial charge in [0.05, 0.1) is 29.4 Å². The van der Waals surface area contributed by atoms with Crippen LogP contribution in [0.3, 0.4) is 0 Å². The fraction of sp³-hybridized carbons (Fsp3) is 0.381. The van der Waals surface area contributed by atoms with Crippen molar-refractivity contribution >= 4 is 29.9 Å². The van der Waals surface area contributed by atoms with Gasteiger partial charge in [-0.2, -0.15) is 13.2 Å². The molecule has 0 spiro atoms. The van der Waals surface area contributed by atoms with Crippen molar-refractivity contribution in [2.75, 3.05) is 12.4 Å². The molecule has 2 aromatic rings. The van der Waals surface area contributed by atoms with Crippen molar-refractivity contribution in [3.8, 4) is 0 Å². The second-order valence-electron chi connectivity index (χ2n) is 8.09. The molecule has 1 heterocycles. The highest BCUT2D eigenvalue weighted by Crippen LogP contribution is 2.37. The molecule has 1 saturated heterocycles. The predicted molar refractivity (Wildman–Crippen MR) is 108 cm³/mol. The molecule has 1 N–H and O–H groups in total. The monoisotopic (exact) mass is 421 g/mol. The van der Waals surface area contributed by atoms with E-state index in [1.807, 2.05) is 27.7 Å². The van der Waals surface area contributed by atoms with Crippen molar-refractivity contribution < 1.29 is 32.0 Å². The van der Waals surface area contributed by atoms with Crippen molar-refractivity contribution in [1.82, 2.24) is 0 Å². The lowest BCUT2D eigenvalue weighted by Crippen LogP contribution is -2.41. The average Bonchev–Trinajstić information content (AvgIpc) is 2.88. The van der Waals surface area contributed by atoms with E-state index in [4.69, 9.17) is 14.0 Å². The maximum absolute atomic E-state index is 13.1. The molecule has 160 valence electrons. The first-order valence-corrected chi connectivity index (χ1v) is 9.36. The van der Waals surface area contributed by atoms with Gasteiger partial charge in [0, 0.05) is 16.8 Å². The topological polar surface area (TPSA) is 56.8 Å². The van der Waals surface area contributed by atoms with Gasteiger partial charge in [0.15, 0.2) is 0 Å². The van der Waals surface area contributed by atoms with Gasteiger partial charge in [-0.1, -0.05) is 6.07 Å². The summed E-state index contributed by atoms with van der Waals surface area (Å²) in [6.45, 7) is 7.54. The first-order chi connectivity index (χ1) is 13.8. The molecule has 5 nitrogen and oxygen atoms in total. The van der Waals surface area contributed by atoms with E-state index < -0.39 is 36.0 Å². The number of halogens is 3. The van der Waals surface area contributed by atoms with E-state index >= 15 is 0 Å². The van der Waals surface area contributed by atoms with E-state index in [1.165, 1.54) is 25.3 Å². The molecule has 1 aliphatic rings. The fourth-order valence-electron chi connectivity index (χ4n) is 3.02. The summed E-state index contributed by atoms with van der Waals surface area (Å²) in [7, 11) is 0.443. The van der Waals surface area contributed by atoms with E-state index in [1.54, 1.807) is 12.1 Å². The van der Waals surface area contributed by atoms with Gasteiger partial charge in [-0.05, 0) is 64.1 Å². The van der Waals surface area contributed by atoms with Crippen molar-refractivity contribution in [2.24, 2.45) is 0 Å². The Labute approximate surface area is 173 Å². The minimum atomic E-state index is -4.46. The summed E-state index contributed by atoms with van der Waals surface area (Å²) >= 11 is 0. The Kier molecular flexibility index (Phi) is 5.64. The Morgan fingerprint density at radius 3 is 2.23 bits per heavy atom. The summed E-state index contributed by atoms with van der Waals surface area (Å²) in [5.41, 5.74) is -0.575. The smallest absolute Gasteiger partial charge is 0.465 e. The lowest BCUT2D eigenvalue weighted by molar-refractivity contribution is -0.137. The Morgan fingerprint density at radius 1 is 1.03 bits per heavy atom. The maximum Gasteiger partial charge on any atom is 0.497 e. The van der Waals surface area contributed by atoms with Crippen LogP contribution in [0.2, 0.25) is 0 Å². The standard InChI is InChI=1S/C21H23BF3NO4/c1-19(2)20(3,4)30-22(29-19)16-11-13(18(27)28-5)9-10-17(16)26-15-8-6-7-14(12-15)21(23,24)25/h6-12,26H,1-5H3. The molecular weight excluding hydrogens is 398 g/mol. The highest BCUT2D eigenvalue weighted by molar-refractivity contribution is 6.64. The molecule has 0 saturated carbocycles. The third-order valence-corrected chi connectivity index (χ3v) is 5.45. The van der Waals surface area contributed by atoms with E-state index in [0.29, 0.717) is 11.2 Å². The summed E-state index contributed by atoms with van der Waals surface area (Å²) in [6.07, 6.45) is -4.46. The number of anilines is 2. The number of nitrogens with one attached hydrogen (secondary N) is 1. The average molecular weight is 421 g/mol. The zero-order valence-corrected chi connectivity index (χ0v) is 17.4. The van der Waals surface area contributed by atoms with Crippen molar-refractivity contribution in [1.29, 1.82) is 0 Å². The number of carbonyl (C=O) groups excluding carboxylic acids is 1. The lowest BCUT2D eigenvalue weighted by atomic mass is 9.77. The van der Waals surface area contributed by atoms with Gasteiger partial charge in [0.2, 0.25) is 0 Å². The molecular formula is C21H23BF3NO4. The van der Waals surface area contributed by atoms with Crippen molar-refractivity contribution in [2.45, 2.75) is 45.1 Å². The van der Waals surface area contributed by atoms with E-state index in [0.717, 1.165) is 12.1 Å². The summed E-state index contributed by atoms with van der Waals surface area (Å²) < 4.78 is 56.1.